The van der Waals surface area contributed by atoms with E-state index in [1.807, 2.05) is 13.0 Å². The molecule has 23 heavy (non-hydrogen) atoms. The number of carbonyl (C=O) groups is 1. The maximum Gasteiger partial charge on any atom is 0.305 e. The van der Waals surface area contributed by atoms with E-state index in [1.54, 1.807) is 30.3 Å². The van der Waals surface area contributed by atoms with Gasteiger partial charge in [-0.25, -0.2) is 8.42 Å². The zero-order valence-corrected chi connectivity index (χ0v) is 14.8. The van der Waals surface area contributed by atoms with Crippen LogP contribution < -0.4 is 4.31 Å². The summed E-state index contributed by atoms with van der Waals surface area (Å²) in [5.74, 6) is -1.05. The van der Waals surface area contributed by atoms with Crippen LogP contribution in [0.5, 0.6) is 0 Å². The molecule has 0 radical (unpaired) electrons. The van der Waals surface area contributed by atoms with Gasteiger partial charge >= 0.3 is 5.97 Å². The minimum atomic E-state index is -3.83. The third kappa shape index (κ3) is 4.33. The van der Waals surface area contributed by atoms with Crippen molar-refractivity contribution >= 4 is 37.6 Å². The Balaban J connectivity index is 2.47. The predicted molar refractivity (Wildman–Crippen MR) is 92.1 cm³/mol. The normalized spacial score (nSPS) is 11.2. The predicted octanol–water partition coefficient (Wildman–Crippen LogP) is 3.43. The Hall–Kier alpha value is -1.86. The zero-order chi connectivity index (χ0) is 17.0. The van der Waals surface area contributed by atoms with Crippen LogP contribution in [0.15, 0.2) is 57.9 Å². The number of hydrogen-bond donors (Lipinski definition) is 1. The number of carboxylic acids is 1. The standard InChI is InChI=1S/C16H16BrNO4S/c1-12-3-2-4-14(11-12)18(10-9-16(19)20)23(21,22)15-7-5-13(17)6-8-15/h2-8,11H,9-10H2,1H3,(H,19,20). The van der Waals surface area contributed by atoms with E-state index >= 15 is 0 Å². The molecule has 1 N–H and O–H groups in total. The molecule has 0 amide bonds. The third-order valence-electron chi connectivity index (χ3n) is 3.22. The lowest BCUT2D eigenvalue weighted by molar-refractivity contribution is -0.136. The van der Waals surface area contributed by atoms with Crippen LogP contribution in [-0.2, 0) is 14.8 Å². The topological polar surface area (TPSA) is 74.7 Å². The number of nitrogens with zero attached hydrogens (tertiary/aromatic N) is 1. The van der Waals surface area contributed by atoms with Crippen molar-refractivity contribution in [3.05, 3.63) is 58.6 Å². The minimum Gasteiger partial charge on any atom is -0.481 e. The lowest BCUT2D eigenvalue weighted by Gasteiger charge is -2.24. The van der Waals surface area contributed by atoms with Crippen LogP contribution in [0.2, 0.25) is 0 Å². The van der Waals surface area contributed by atoms with Crippen LogP contribution >= 0.6 is 15.9 Å². The number of halogens is 1. The summed E-state index contributed by atoms with van der Waals surface area (Å²) < 4.78 is 27.7. The molecular formula is C16H16BrNO4S. The number of aryl methyl sites for hydroxylation is 1. The molecule has 0 bridgehead atoms. The number of sulfonamides is 1. The number of hydrogen-bond acceptors (Lipinski definition) is 3. The van der Waals surface area contributed by atoms with Crippen molar-refractivity contribution in [3.63, 3.8) is 0 Å². The molecule has 0 saturated heterocycles. The largest absolute Gasteiger partial charge is 0.481 e. The molecule has 0 spiro atoms. The highest BCUT2D eigenvalue weighted by Crippen LogP contribution is 2.25. The highest BCUT2D eigenvalue weighted by molar-refractivity contribution is 9.10. The number of benzene rings is 2. The second-order valence-electron chi connectivity index (χ2n) is 5.01. The van der Waals surface area contributed by atoms with Gasteiger partial charge in [-0.1, -0.05) is 28.1 Å². The van der Waals surface area contributed by atoms with Gasteiger partial charge in [-0.3, -0.25) is 9.10 Å². The molecule has 7 heteroatoms. The molecule has 0 heterocycles. The highest BCUT2D eigenvalue weighted by Gasteiger charge is 2.25. The van der Waals surface area contributed by atoms with E-state index in [0.29, 0.717) is 5.69 Å². The van der Waals surface area contributed by atoms with E-state index in [-0.39, 0.29) is 17.9 Å². The molecule has 0 fully saturated rings. The Morgan fingerprint density at radius 2 is 1.83 bits per heavy atom. The maximum absolute atomic E-state index is 12.9. The molecule has 2 aromatic carbocycles. The summed E-state index contributed by atoms with van der Waals surface area (Å²) in [6.07, 6.45) is -0.274. The maximum atomic E-state index is 12.9. The van der Waals surface area contributed by atoms with Crippen LogP contribution in [0.3, 0.4) is 0 Å². The molecule has 0 saturated carbocycles. The van der Waals surface area contributed by atoms with Crippen LogP contribution in [0.4, 0.5) is 5.69 Å². The van der Waals surface area contributed by atoms with E-state index in [1.165, 1.54) is 12.1 Å². The smallest absolute Gasteiger partial charge is 0.305 e. The Labute approximate surface area is 143 Å². The van der Waals surface area contributed by atoms with Crippen molar-refractivity contribution in [1.82, 2.24) is 0 Å². The molecular weight excluding hydrogens is 382 g/mol. The molecule has 0 atom stereocenters. The first-order chi connectivity index (χ1) is 10.8. The second-order valence-corrected chi connectivity index (χ2v) is 7.79. The number of rotatable bonds is 6. The van der Waals surface area contributed by atoms with Crippen LogP contribution in [0.1, 0.15) is 12.0 Å². The first kappa shape index (κ1) is 17.5. The van der Waals surface area contributed by atoms with Gasteiger partial charge in [0, 0.05) is 11.0 Å². The van der Waals surface area contributed by atoms with Gasteiger partial charge in [0.05, 0.1) is 17.0 Å². The van der Waals surface area contributed by atoms with Crippen molar-refractivity contribution < 1.29 is 18.3 Å². The van der Waals surface area contributed by atoms with Crippen molar-refractivity contribution in [2.24, 2.45) is 0 Å². The summed E-state index contributed by atoms with van der Waals surface area (Å²) in [6, 6.07) is 13.2. The van der Waals surface area contributed by atoms with E-state index < -0.39 is 16.0 Å². The number of aliphatic carboxylic acids is 1. The third-order valence-corrected chi connectivity index (χ3v) is 5.59. The van der Waals surface area contributed by atoms with Crippen molar-refractivity contribution in [1.29, 1.82) is 0 Å². The number of carboxylic acid groups (broad SMARTS) is 1. The molecule has 122 valence electrons. The quantitative estimate of drug-likeness (QED) is 0.809. The molecule has 0 aliphatic carbocycles. The van der Waals surface area contributed by atoms with Gasteiger partial charge in [0.25, 0.3) is 10.0 Å². The Kier molecular flexibility index (Phi) is 5.43. The fourth-order valence-corrected chi connectivity index (χ4v) is 3.82. The summed E-state index contributed by atoms with van der Waals surface area (Å²) in [7, 11) is -3.83. The SMILES string of the molecule is Cc1cccc(N(CCC(=O)O)S(=O)(=O)c2ccc(Br)cc2)c1. The fourth-order valence-electron chi connectivity index (χ4n) is 2.10. The Bertz CT molecular complexity index is 803. The minimum absolute atomic E-state index is 0.118. The Morgan fingerprint density at radius 3 is 2.39 bits per heavy atom. The second kappa shape index (κ2) is 7.14. The number of anilines is 1. The summed E-state index contributed by atoms with van der Waals surface area (Å²) >= 11 is 3.27. The molecule has 0 aliphatic rings. The molecule has 0 unspecified atom stereocenters. The molecule has 0 aromatic heterocycles. The fraction of sp³-hybridized carbons (Fsp3) is 0.188. The van der Waals surface area contributed by atoms with Gasteiger partial charge < -0.3 is 5.11 Å². The van der Waals surface area contributed by atoms with Gasteiger partial charge in [-0.15, -0.1) is 0 Å². The molecule has 2 aromatic rings. The van der Waals surface area contributed by atoms with Gasteiger partial charge in [0.2, 0.25) is 0 Å². The average molecular weight is 398 g/mol. The molecule has 2 rings (SSSR count). The monoisotopic (exact) mass is 397 g/mol. The van der Waals surface area contributed by atoms with Gasteiger partial charge in [0.1, 0.15) is 0 Å². The summed E-state index contributed by atoms with van der Waals surface area (Å²) in [5.41, 5.74) is 1.35. The lowest BCUT2D eigenvalue weighted by Crippen LogP contribution is -2.33. The molecule has 5 nitrogen and oxygen atoms in total. The van der Waals surface area contributed by atoms with Crippen molar-refractivity contribution in [3.8, 4) is 0 Å². The van der Waals surface area contributed by atoms with E-state index in [2.05, 4.69) is 15.9 Å². The van der Waals surface area contributed by atoms with Crippen molar-refractivity contribution in [2.45, 2.75) is 18.2 Å². The van der Waals surface area contributed by atoms with Crippen molar-refractivity contribution in [2.75, 3.05) is 10.8 Å². The van der Waals surface area contributed by atoms with E-state index in [4.69, 9.17) is 5.11 Å². The zero-order valence-electron chi connectivity index (χ0n) is 12.4. The van der Waals surface area contributed by atoms with E-state index in [0.717, 1.165) is 14.3 Å². The van der Waals surface area contributed by atoms with Gasteiger partial charge in [-0.05, 0) is 48.9 Å². The first-order valence-corrected chi connectivity index (χ1v) is 9.11. The Morgan fingerprint density at radius 1 is 1.17 bits per heavy atom. The average Bonchev–Trinajstić information content (AvgIpc) is 2.47. The summed E-state index contributed by atoms with van der Waals surface area (Å²) in [4.78, 5) is 11.0. The van der Waals surface area contributed by atoms with Crippen LogP contribution in [0, 0.1) is 6.92 Å². The molecule has 0 aliphatic heterocycles. The van der Waals surface area contributed by atoms with Gasteiger partial charge in [-0.2, -0.15) is 0 Å². The highest BCUT2D eigenvalue weighted by atomic mass is 79.9. The van der Waals surface area contributed by atoms with E-state index in [9.17, 15) is 13.2 Å². The summed E-state index contributed by atoms with van der Waals surface area (Å²) in [6.45, 7) is 1.72. The van der Waals surface area contributed by atoms with Crippen LogP contribution in [0.25, 0.3) is 0 Å². The van der Waals surface area contributed by atoms with Gasteiger partial charge in [0.15, 0.2) is 0 Å². The van der Waals surface area contributed by atoms with Crippen LogP contribution in [-0.4, -0.2) is 26.0 Å². The summed E-state index contributed by atoms with van der Waals surface area (Å²) in [5, 5.41) is 8.91. The first-order valence-electron chi connectivity index (χ1n) is 6.87. The lowest BCUT2D eigenvalue weighted by atomic mass is 10.2.